The highest BCUT2D eigenvalue weighted by molar-refractivity contribution is 5.69. The van der Waals surface area contributed by atoms with E-state index in [0.29, 0.717) is 23.7 Å². The number of rotatable bonds is 14. The van der Waals surface area contributed by atoms with Gasteiger partial charge in [0.15, 0.2) is 6.29 Å². The lowest BCUT2D eigenvalue weighted by Gasteiger charge is -2.45. The quantitative estimate of drug-likeness (QED) is 0.0826. The summed E-state index contributed by atoms with van der Waals surface area (Å²) in [4.78, 5) is 12.1. The monoisotopic (exact) mass is 614 g/mol. The summed E-state index contributed by atoms with van der Waals surface area (Å²) in [6, 6.07) is 5.04. The minimum absolute atomic E-state index is 0.0814. The molecule has 0 amide bonds. The van der Waals surface area contributed by atoms with Crippen LogP contribution in [0, 0.1) is 12.8 Å². The Hall–Kier alpha value is -2.17. The van der Waals surface area contributed by atoms with Crippen LogP contribution in [0.2, 0.25) is 0 Å². The molecule has 13 heteroatoms. The summed E-state index contributed by atoms with van der Waals surface area (Å²) >= 11 is 0. The molecular formula is C30H46O13. The number of carbonyl (C=O) groups excluding carboxylic acids is 1. The zero-order chi connectivity index (χ0) is 31.7. The highest BCUT2D eigenvalue weighted by atomic mass is 16.7. The summed E-state index contributed by atoms with van der Waals surface area (Å²) in [5, 5.41) is 71.1. The van der Waals surface area contributed by atoms with E-state index in [2.05, 4.69) is 26.0 Å². The van der Waals surface area contributed by atoms with E-state index in [1.165, 1.54) is 0 Å². The first-order valence-corrected chi connectivity index (χ1v) is 14.6. The maximum Gasteiger partial charge on any atom is 0.306 e. The lowest BCUT2D eigenvalue weighted by molar-refractivity contribution is -0.352. The van der Waals surface area contributed by atoms with Crippen LogP contribution in [0.5, 0.6) is 5.75 Å². The van der Waals surface area contributed by atoms with Crippen LogP contribution >= 0.6 is 0 Å². The SMILES string of the molecule is Cc1cc(COC(=O)CCCC/C=C/C(C)C)ccc1OC1OC(CO)C(OC2OC(CO)C(O)C(O)C2O)C(O)C1O. The van der Waals surface area contributed by atoms with Crippen molar-refractivity contribution in [2.24, 2.45) is 5.92 Å². The molecule has 3 rings (SSSR count). The predicted octanol–water partition coefficient (Wildman–Crippen LogP) is -0.186. The molecule has 2 heterocycles. The summed E-state index contributed by atoms with van der Waals surface area (Å²) in [5.41, 5.74) is 1.36. The van der Waals surface area contributed by atoms with Gasteiger partial charge in [0.2, 0.25) is 6.29 Å². The summed E-state index contributed by atoms with van der Waals surface area (Å²) in [7, 11) is 0. The average Bonchev–Trinajstić information content (AvgIpc) is 2.98. The number of allylic oxidation sites excluding steroid dienone is 2. The Morgan fingerprint density at radius 3 is 2.23 bits per heavy atom. The molecule has 0 radical (unpaired) electrons. The van der Waals surface area contributed by atoms with Gasteiger partial charge in [-0.3, -0.25) is 4.79 Å². The summed E-state index contributed by atoms with van der Waals surface area (Å²) in [5.74, 6) is 0.537. The molecule has 1 aromatic carbocycles. The predicted molar refractivity (Wildman–Crippen MR) is 150 cm³/mol. The van der Waals surface area contributed by atoms with Gasteiger partial charge in [-0.2, -0.15) is 0 Å². The fourth-order valence-electron chi connectivity index (χ4n) is 4.85. The summed E-state index contributed by atoms with van der Waals surface area (Å²) in [6.45, 7) is 4.69. The normalized spacial score (nSPS) is 33.2. The van der Waals surface area contributed by atoms with Crippen LogP contribution < -0.4 is 4.74 Å². The molecule has 43 heavy (non-hydrogen) atoms. The van der Waals surface area contributed by atoms with E-state index in [1.54, 1.807) is 25.1 Å². The van der Waals surface area contributed by atoms with Gasteiger partial charge in [-0.1, -0.05) is 32.1 Å². The van der Waals surface area contributed by atoms with Gasteiger partial charge in [0.1, 0.15) is 61.2 Å². The van der Waals surface area contributed by atoms with E-state index in [-0.39, 0.29) is 12.6 Å². The average molecular weight is 615 g/mol. The number of hydrogen-bond donors (Lipinski definition) is 7. The topological polar surface area (TPSA) is 205 Å². The number of aryl methyl sites for hydroxylation is 1. The molecule has 2 fully saturated rings. The minimum Gasteiger partial charge on any atom is -0.462 e. The number of unbranched alkanes of at least 4 members (excludes halogenated alkanes) is 2. The lowest BCUT2D eigenvalue weighted by atomic mass is 9.97. The van der Waals surface area contributed by atoms with Crippen molar-refractivity contribution in [2.45, 2.75) is 114 Å². The molecule has 0 spiro atoms. The van der Waals surface area contributed by atoms with E-state index >= 15 is 0 Å². The largest absolute Gasteiger partial charge is 0.462 e. The number of hydrogen-bond acceptors (Lipinski definition) is 13. The Morgan fingerprint density at radius 1 is 0.907 bits per heavy atom. The van der Waals surface area contributed by atoms with E-state index in [9.17, 15) is 40.5 Å². The second-order valence-corrected chi connectivity index (χ2v) is 11.3. The Bertz CT molecular complexity index is 1030. The smallest absolute Gasteiger partial charge is 0.306 e. The first-order chi connectivity index (χ1) is 20.5. The zero-order valence-electron chi connectivity index (χ0n) is 24.8. The van der Waals surface area contributed by atoms with Crippen LogP contribution in [0.3, 0.4) is 0 Å². The van der Waals surface area contributed by atoms with Crippen LogP contribution in [0.1, 0.15) is 50.7 Å². The zero-order valence-corrected chi connectivity index (χ0v) is 24.8. The van der Waals surface area contributed by atoms with Crippen molar-refractivity contribution in [1.82, 2.24) is 0 Å². The standard InChI is InChI=1S/C30H46O13/c1-16(2)8-6-4-5-7-9-22(33)39-15-18-10-11-19(17(3)12-18)40-29-27(38)25(36)28(21(14-32)42-29)43-30-26(37)24(35)23(34)20(13-31)41-30/h6,8,10-12,16,20-21,23-32,34-38H,4-5,7,9,13-15H2,1-3H3/b8-6+. The van der Waals surface area contributed by atoms with E-state index < -0.39 is 74.6 Å². The molecule has 0 aromatic heterocycles. The summed E-state index contributed by atoms with van der Waals surface area (Å²) in [6.07, 6.45) is -8.24. The molecule has 0 aliphatic carbocycles. The molecule has 1 aromatic rings. The molecule has 13 nitrogen and oxygen atoms in total. The third kappa shape index (κ3) is 9.66. The molecule has 10 atom stereocenters. The third-order valence-corrected chi connectivity index (χ3v) is 7.37. The maximum absolute atomic E-state index is 12.1. The number of aliphatic hydroxyl groups excluding tert-OH is 7. The van der Waals surface area contributed by atoms with Gasteiger partial charge in [0, 0.05) is 6.42 Å². The van der Waals surface area contributed by atoms with Crippen LogP contribution in [-0.2, 0) is 30.3 Å². The molecule has 7 N–H and O–H groups in total. The maximum atomic E-state index is 12.1. The van der Waals surface area contributed by atoms with Gasteiger partial charge in [-0.25, -0.2) is 0 Å². The fourth-order valence-corrected chi connectivity index (χ4v) is 4.85. The van der Waals surface area contributed by atoms with Gasteiger partial charge in [0.05, 0.1) is 13.2 Å². The van der Waals surface area contributed by atoms with Crippen molar-refractivity contribution in [3.63, 3.8) is 0 Å². The van der Waals surface area contributed by atoms with Crippen molar-refractivity contribution < 1.29 is 64.2 Å². The first kappa shape index (κ1) is 35.3. The fraction of sp³-hybridized carbons (Fsp3) is 0.700. The van der Waals surface area contributed by atoms with Crippen LogP contribution in [0.25, 0.3) is 0 Å². The van der Waals surface area contributed by atoms with E-state index in [0.717, 1.165) is 24.8 Å². The van der Waals surface area contributed by atoms with Crippen molar-refractivity contribution in [2.75, 3.05) is 13.2 Å². The highest BCUT2D eigenvalue weighted by Crippen LogP contribution is 2.31. The molecule has 2 saturated heterocycles. The minimum atomic E-state index is -1.76. The second-order valence-electron chi connectivity index (χ2n) is 11.3. The number of carbonyl (C=O) groups is 1. The van der Waals surface area contributed by atoms with Crippen molar-refractivity contribution in [3.05, 3.63) is 41.5 Å². The molecule has 2 aliphatic rings. The number of aliphatic hydroxyl groups is 7. The molecule has 10 unspecified atom stereocenters. The van der Waals surface area contributed by atoms with Gasteiger partial charge in [-0.05, 0) is 55.4 Å². The van der Waals surface area contributed by atoms with Gasteiger partial charge in [-0.15, -0.1) is 0 Å². The number of esters is 1. The Labute approximate surface area is 251 Å². The van der Waals surface area contributed by atoms with Gasteiger partial charge >= 0.3 is 5.97 Å². The summed E-state index contributed by atoms with van der Waals surface area (Å²) < 4.78 is 27.7. The van der Waals surface area contributed by atoms with Gasteiger partial charge < -0.3 is 59.4 Å². The first-order valence-electron chi connectivity index (χ1n) is 14.6. The molecular weight excluding hydrogens is 568 g/mol. The van der Waals surface area contributed by atoms with E-state index in [1.807, 2.05) is 0 Å². The third-order valence-electron chi connectivity index (χ3n) is 7.37. The number of benzene rings is 1. The molecule has 0 saturated carbocycles. The van der Waals surface area contributed by atoms with Crippen LogP contribution in [0.15, 0.2) is 30.4 Å². The van der Waals surface area contributed by atoms with E-state index in [4.69, 9.17) is 23.7 Å². The Kier molecular flexibility index (Phi) is 13.8. The highest BCUT2D eigenvalue weighted by Gasteiger charge is 2.51. The van der Waals surface area contributed by atoms with Crippen LogP contribution in [-0.4, -0.2) is 116 Å². The van der Waals surface area contributed by atoms with Crippen LogP contribution in [0.4, 0.5) is 0 Å². The van der Waals surface area contributed by atoms with Crippen molar-refractivity contribution >= 4 is 5.97 Å². The lowest BCUT2D eigenvalue weighted by Crippen LogP contribution is -2.65. The Morgan fingerprint density at radius 2 is 1.58 bits per heavy atom. The molecule has 2 aliphatic heterocycles. The molecule has 0 bridgehead atoms. The van der Waals surface area contributed by atoms with Crippen molar-refractivity contribution in [3.8, 4) is 5.75 Å². The second kappa shape index (κ2) is 16.8. The molecule has 244 valence electrons. The number of ether oxygens (including phenoxy) is 5. The van der Waals surface area contributed by atoms with Crippen molar-refractivity contribution in [1.29, 1.82) is 0 Å². The van der Waals surface area contributed by atoms with Gasteiger partial charge in [0.25, 0.3) is 0 Å². The Balaban J connectivity index is 1.53.